The number of imidazole rings is 1. The van der Waals surface area contributed by atoms with Crippen LogP contribution in [-0.4, -0.2) is 51.8 Å². The largest absolute Gasteiger partial charge is 0.466 e. The van der Waals surface area contributed by atoms with E-state index in [1.807, 2.05) is 66.6 Å². The van der Waals surface area contributed by atoms with Gasteiger partial charge in [-0.05, 0) is 31.9 Å². The van der Waals surface area contributed by atoms with Crippen molar-refractivity contribution in [3.8, 4) is 16.9 Å². The molecule has 0 unspecified atom stereocenters. The molecule has 4 rings (SSSR count). The van der Waals surface area contributed by atoms with E-state index in [9.17, 15) is 9.59 Å². The van der Waals surface area contributed by atoms with Crippen LogP contribution in [0.3, 0.4) is 0 Å². The lowest BCUT2D eigenvalue weighted by atomic mass is 9.97. The molecule has 1 fully saturated rings. The van der Waals surface area contributed by atoms with Crippen molar-refractivity contribution in [2.75, 3.05) is 25.4 Å². The van der Waals surface area contributed by atoms with Crippen LogP contribution in [0.1, 0.15) is 19.8 Å². The molecule has 1 aliphatic heterocycles. The van der Waals surface area contributed by atoms with Gasteiger partial charge in [-0.1, -0.05) is 60.3 Å². The first kappa shape index (κ1) is 22.1. The standard InChI is InChI=1S/C25H27N3O3S/c1-2-31-24(30)20-13-15-27(16-14-20)23(29)18-32-25-26-17-22(19-9-5-3-6-10-19)28(25)21-11-7-4-8-12-21/h3-12,17,20H,2,13-16,18H2,1H3. The van der Waals surface area contributed by atoms with E-state index in [1.54, 1.807) is 0 Å². The van der Waals surface area contributed by atoms with Gasteiger partial charge in [0.15, 0.2) is 5.16 Å². The Labute approximate surface area is 192 Å². The molecule has 1 saturated heterocycles. The van der Waals surface area contributed by atoms with Gasteiger partial charge in [-0.3, -0.25) is 14.2 Å². The van der Waals surface area contributed by atoms with E-state index in [2.05, 4.69) is 21.7 Å². The van der Waals surface area contributed by atoms with Gasteiger partial charge in [-0.25, -0.2) is 4.98 Å². The predicted octanol–water partition coefficient (Wildman–Crippen LogP) is 4.43. The van der Waals surface area contributed by atoms with Gasteiger partial charge in [0.1, 0.15) is 0 Å². The molecule has 2 aromatic carbocycles. The summed E-state index contributed by atoms with van der Waals surface area (Å²) in [6.45, 7) is 3.39. The van der Waals surface area contributed by atoms with Crippen molar-refractivity contribution >= 4 is 23.6 Å². The average Bonchev–Trinajstić information content (AvgIpc) is 3.28. The average molecular weight is 450 g/mol. The number of nitrogens with zero attached hydrogens (tertiary/aromatic N) is 3. The summed E-state index contributed by atoms with van der Waals surface area (Å²) in [4.78, 5) is 31.3. The fourth-order valence-corrected chi connectivity index (χ4v) is 4.81. The molecule has 0 radical (unpaired) electrons. The summed E-state index contributed by atoms with van der Waals surface area (Å²) in [5, 5.41) is 0.782. The van der Waals surface area contributed by atoms with Gasteiger partial charge in [0.2, 0.25) is 5.91 Å². The Bertz CT molecular complexity index is 1040. The molecule has 2 heterocycles. The predicted molar refractivity (Wildman–Crippen MR) is 126 cm³/mol. The second-order valence-electron chi connectivity index (χ2n) is 7.66. The van der Waals surface area contributed by atoms with Crippen molar-refractivity contribution in [1.29, 1.82) is 0 Å². The molecule has 3 aromatic rings. The number of rotatable bonds is 7. The maximum absolute atomic E-state index is 12.9. The van der Waals surface area contributed by atoms with Crippen LogP contribution in [0.15, 0.2) is 72.0 Å². The Kier molecular flexibility index (Phi) is 7.27. The van der Waals surface area contributed by atoms with Crippen molar-refractivity contribution in [3.05, 3.63) is 66.9 Å². The summed E-state index contributed by atoms with van der Waals surface area (Å²) in [6.07, 6.45) is 3.18. The molecule has 0 N–H and O–H groups in total. The molecule has 0 bridgehead atoms. The Hall–Kier alpha value is -3.06. The minimum Gasteiger partial charge on any atom is -0.466 e. The molecule has 6 nitrogen and oxygen atoms in total. The first-order valence-corrected chi connectivity index (χ1v) is 11.9. The molecule has 166 valence electrons. The molecule has 32 heavy (non-hydrogen) atoms. The lowest BCUT2D eigenvalue weighted by Gasteiger charge is -2.30. The Morgan fingerprint density at radius 1 is 1.03 bits per heavy atom. The fourth-order valence-electron chi connectivity index (χ4n) is 3.92. The molecule has 0 aliphatic carbocycles. The van der Waals surface area contributed by atoms with Crippen molar-refractivity contribution < 1.29 is 14.3 Å². The molecule has 1 amide bonds. The number of esters is 1. The highest BCUT2D eigenvalue weighted by Gasteiger charge is 2.28. The van der Waals surface area contributed by atoms with Gasteiger partial charge in [0.05, 0.1) is 30.2 Å². The first-order chi connectivity index (χ1) is 15.7. The van der Waals surface area contributed by atoms with Crippen LogP contribution in [0.25, 0.3) is 16.9 Å². The maximum Gasteiger partial charge on any atom is 0.309 e. The highest BCUT2D eigenvalue weighted by atomic mass is 32.2. The lowest BCUT2D eigenvalue weighted by Crippen LogP contribution is -2.41. The number of ether oxygens (including phenoxy) is 1. The van der Waals surface area contributed by atoms with Crippen LogP contribution in [0, 0.1) is 5.92 Å². The number of benzene rings is 2. The fraction of sp³-hybridized carbons (Fsp3) is 0.320. The third-order valence-corrected chi connectivity index (χ3v) is 6.54. The highest BCUT2D eigenvalue weighted by Crippen LogP contribution is 2.30. The normalized spacial score (nSPS) is 14.3. The third-order valence-electron chi connectivity index (χ3n) is 5.61. The van der Waals surface area contributed by atoms with Crippen molar-refractivity contribution in [3.63, 3.8) is 0 Å². The van der Waals surface area contributed by atoms with Crippen molar-refractivity contribution in [2.24, 2.45) is 5.92 Å². The minimum absolute atomic E-state index is 0.0705. The summed E-state index contributed by atoms with van der Waals surface area (Å²) in [7, 11) is 0. The number of carbonyl (C=O) groups is 2. The first-order valence-electron chi connectivity index (χ1n) is 10.9. The van der Waals surface area contributed by atoms with Crippen LogP contribution in [0.5, 0.6) is 0 Å². The second-order valence-corrected chi connectivity index (χ2v) is 8.60. The Morgan fingerprint density at radius 2 is 1.69 bits per heavy atom. The maximum atomic E-state index is 12.9. The summed E-state index contributed by atoms with van der Waals surface area (Å²) in [5.41, 5.74) is 3.07. The molecular weight excluding hydrogens is 422 g/mol. The van der Waals surface area contributed by atoms with Gasteiger partial charge in [-0.15, -0.1) is 0 Å². The number of piperidine rings is 1. The Balaban J connectivity index is 1.45. The van der Waals surface area contributed by atoms with Gasteiger partial charge in [0, 0.05) is 24.3 Å². The number of likely N-dealkylation sites (tertiary alicyclic amines) is 1. The van der Waals surface area contributed by atoms with E-state index in [1.165, 1.54) is 11.8 Å². The molecule has 1 aromatic heterocycles. The summed E-state index contributed by atoms with van der Waals surface area (Å²) in [6, 6.07) is 20.2. The van der Waals surface area contributed by atoms with Gasteiger partial charge in [-0.2, -0.15) is 0 Å². The summed E-state index contributed by atoms with van der Waals surface area (Å²) >= 11 is 1.44. The number of hydrogen-bond acceptors (Lipinski definition) is 5. The molecular formula is C25H27N3O3S. The monoisotopic (exact) mass is 449 g/mol. The molecule has 0 saturated carbocycles. The zero-order chi connectivity index (χ0) is 22.3. The topological polar surface area (TPSA) is 64.4 Å². The number of aromatic nitrogens is 2. The zero-order valence-corrected chi connectivity index (χ0v) is 19.0. The number of hydrogen-bond donors (Lipinski definition) is 0. The highest BCUT2D eigenvalue weighted by molar-refractivity contribution is 7.99. The minimum atomic E-state index is -0.146. The van der Waals surface area contributed by atoms with Crippen LogP contribution in [-0.2, 0) is 14.3 Å². The van der Waals surface area contributed by atoms with Crippen LogP contribution in [0.2, 0.25) is 0 Å². The van der Waals surface area contributed by atoms with E-state index in [4.69, 9.17) is 4.74 Å². The summed E-state index contributed by atoms with van der Waals surface area (Å²) in [5.74, 6) is 0.132. The number of para-hydroxylation sites is 1. The van der Waals surface area contributed by atoms with Crippen LogP contribution >= 0.6 is 11.8 Å². The van der Waals surface area contributed by atoms with E-state index in [0.29, 0.717) is 38.3 Å². The quantitative estimate of drug-likeness (QED) is 0.394. The molecule has 1 aliphatic rings. The van der Waals surface area contributed by atoms with E-state index in [0.717, 1.165) is 22.1 Å². The van der Waals surface area contributed by atoms with E-state index in [-0.39, 0.29) is 17.8 Å². The summed E-state index contributed by atoms with van der Waals surface area (Å²) < 4.78 is 7.22. The van der Waals surface area contributed by atoms with Crippen LogP contribution < -0.4 is 0 Å². The van der Waals surface area contributed by atoms with Crippen LogP contribution in [0.4, 0.5) is 0 Å². The van der Waals surface area contributed by atoms with E-state index >= 15 is 0 Å². The number of thioether (sulfide) groups is 1. The zero-order valence-electron chi connectivity index (χ0n) is 18.1. The molecule has 0 atom stereocenters. The van der Waals surface area contributed by atoms with Crippen molar-refractivity contribution in [2.45, 2.75) is 24.9 Å². The van der Waals surface area contributed by atoms with Gasteiger partial charge < -0.3 is 9.64 Å². The second kappa shape index (κ2) is 10.5. The van der Waals surface area contributed by atoms with Crippen molar-refractivity contribution in [1.82, 2.24) is 14.5 Å². The molecule has 0 spiro atoms. The van der Waals surface area contributed by atoms with E-state index < -0.39 is 0 Å². The SMILES string of the molecule is CCOC(=O)C1CCN(C(=O)CSc2ncc(-c3ccccc3)n2-c2ccccc2)CC1. The van der Waals surface area contributed by atoms with Gasteiger partial charge in [0.25, 0.3) is 0 Å². The smallest absolute Gasteiger partial charge is 0.309 e. The number of carbonyl (C=O) groups excluding carboxylic acids is 2. The molecule has 7 heteroatoms. The third kappa shape index (κ3) is 5.05. The number of amides is 1. The Morgan fingerprint density at radius 3 is 2.34 bits per heavy atom. The lowest BCUT2D eigenvalue weighted by molar-refractivity contribution is -0.151. The van der Waals surface area contributed by atoms with Gasteiger partial charge >= 0.3 is 5.97 Å².